The van der Waals surface area contributed by atoms with Gasteiger partial charge in [-0.1, -0.05) is 25.5 Å². The Bertz CT molecular complexity index is 1300. The van der Waals surface area contributed by atoms with E-state index in [2.05, 4.69) is 22.5 Å². The zero-order valence-corrected chi connectivity index (χ0v) is 28.8. The monoisotopic (exact) mass is 653 g/mol. The van der Waals surface area contributed by atoms with Crippen LogP contribution in [0.3, 0.4) is 0 Å². The van der Waals surface area contributed by atoms with E-state index in [1.807, 2.05) is 40.1 Å². The van der Waals surface area contributed by atoms with Gasteiger partial charge >= 0.3 is 0 Å². The second-order valence-corrected chi connectivity index (χ2v) is 13.0. The molecule has 2 aromatic rings. The minimum absolute atomic E-state index is 0.00650. The van der Waals surface area contributed by atoms with Gasteiger partial charge in [0, 0.05) is 44.1 Å². The molecule has 0 aliphatic carbocycles. The first kappa shape index (κ1) is 37.8. The second-order valence-electron chi connectivity index (χ2n) is 13.0. The number of benzene rings is 2. The third-order valence-corrected chi connectivity index (χ3v) is 8.42. The van der Waals surface area contributed by atoms with Crippen LogP contribution in [-0.2, 0) is 14.3 Å². The Labute approximate surface area is 280 Å². The molecule has 260 valence electrons. The fourth-order valence-corrected chi connectivity index (χ4v) is 5.62. The summed E-state index contributed by atoms with van der Waals surface area (Å²) in [6.07, 6.45) is 5.04. The zero-order chi connectivity index (χ0) is 34.3. The Morgan fingerprint density at radius 2 is 1.74 bits per heavy atom. The Balaban J connectivity index is 1.68. The van der Waals surface area contributed by atoms with Gasteiger partial charge in [0.05, 0.1) is 41.8 Å². The Morgan fingerprint density at radius 3 is 2.43 bits per heavy atom. The highest BCUT2D eigenvalue weighted by Crippen LogP contribution is 2.29. The lowest BCUT2D eigenvalue weighted by atomic mass is 10.0. The molecule has 0 unspecified atom stereocenters. The van der Waals surface area contributed by atoms with Crippen molar-refractivity contribution in [2.24, 2.45) is 5.92 Å². The molecule has 0 bridgehead atoms. The largest absolute Gasteiger partial charge is 0.490 e. The van der Waals surface area contributed by atoms with Crippen LogP contribution in [0.4, 0.5) is 17.1 Å². The number of fused-ring (bicyclic) bond motifs is 1. The van der Waals surface area contributed by atoms with E-state index in [9.17, 15) is 19.5 Å². The maximum atomic E-state index is 14.2. The maximum Gasteiger partial charge on any atom is 0.258 e. The fourth-order valence-electron chi connectivity index (χ4n) is 5.62. The molecule has 4 atom stereocenters. The highest BCUT2D eigenvalue weighted by atomic mass is 16.5. The SMILES string of the molecule is C[C@@H]1CCCCO[C@@H](CN(C)C)[C@@H](C)CN([C@H](C)CO)C(=O)c2cc(NC(=O)CCCCCC(=O)Nc3ccccc3N)ccc2O1. The van der Waals surface area contributed by atoms with Crippen molar-refractivity contribution >= 4 is 34.8 Å². The van der Waals surface area contributed by atoms with Crippen LogP contribution in [0.5, 0.6) is 5.75 Å². The van der Waals surface area contributed by atoms with E-state index in [0.29, 0.717) is 67.2 Å². The molecule has 11 nitrogen and oxygen atoms in total. The summed E-state index contributed by atoms with van der Waals surface area (Å²) in [5.41, 5.74) is 7.85. The van der Waals surface area contributed by atoms with E-state index in [4.69, 9.17) is 15.2 Å². The molecule has 11 heteroatoms. The third-order valence-electron chi connectivity index (χ3n) is 8.42. The van der Waals surface area contributed by atoms with E-state index >= 15 is 0 Å². The van der Waals surface area contributed by atoms with Crippen LogP contribution in [0.1, 0.15) is 82.5 Å². The summed E-state index contributed by atoms with van der Waals surface area (Å²) >= 11 is 0. The highest BCUT2D eigenvalue weighted by molar-refractivity contribution is 6.00. The summed E-state index contributed by atoms with van der Waals surface area (Å²) in [5.74, 6) is -0.0955. The number of carbonyl (C=O) groups is 3. The molecule has 1 aliphatic rings. The Kier molecular flexibility index (Phi) is 15.5. The second kappa shape index (κ2) is 19.2. The van der Waals surface area contributed by atoms with Crippen molar-refractivity contribution in [3.8, 4) is 5.75 Å². The van der Waals surface area contributed by atoms with Gasteiger partial charge in [0.1, 0.15) is 5.75 Å². The average Bonchev–Trinajstić information content (AvgIpc) is 3.03. The van der Waals surface area contributed by atoms with Crippen LogP contribution in [0.15, 0.2) is 42.5 Å². The summed E-state index contributed by atoms with van der Waals surface area (Å²) < 4.78 is 12.6. The van der Waals surface area contributed by atoms with Crippen molar-refractivity contribution < 1.29 is 29.0 Å². The Hall–Kier alpha value is -3.67. The van der Waals surface area contributed by atoms with Crippen molar-refractivity contribution in [3.05, 3.63) is 48.0 Å². The first-order valence-corrected chi connectivity index (χ1v) is 16.9. The first-order valence-electron chi connectivity index (χ1n) is 16.9. The molecule has 2 aromatic carbocycles. The topological polar surface area (TPSA) is 146 Å². The molecule has 1 aliphatic heterocycles. The maximum absolute atomic E-state index is 14.2. The number of aliphatic hydroxyl groups excluding tert-OH is 1. The van der Waals surface area contributed by atoms with Gasteiger partial charge in [-0.2, -0.15) is 0 Å². The van der Waals surface area contributed by atoms with Gasteiger partial charge in [-0.15, -0.1) is 0 Å². The predicted octanol–water partition coefficient (Wildman–Crippen LogP) is 5.15. The number of unbranched alkanes of at least 4 members (excludes halogenated alkanes) is 2. The molecular formula is C36H55N5O6. The molecular weight excluding hydrogens is 598 g/mol. The molecule has 0 fully saturated rings. The van der Waals surface area contributed by atoms with E-state index < -0.39 is 6.04 Å². The number of hydrogen-bond acceptors (Lipinski definition) is 8. The number of para-hydroxylation sites is 2. The van der Waals surface area contributed by atoms with Crippen LogP contribution < -0.4 is 21.1 Å². The molecule has 0 saturated heterocycles. The summed E-state index contributed by atoms with van der Waals surface area (Å²) in [5, 5.41) is 15.9. The van der Waals surface area contributed by atoms with Crippen molar-refractivity contribution in [3.63, 3.8) is 0 Å². The van der Waals surface area contributed by atoms with Crippen LogP contribution in [-0.4, -0.2) is 91.3 Å². The minimum Gasteiger partial charge on any atom is -0.490 e. The van der Waals surface area contributed by atoms with E-state index in [1.54, 1.807) is 35.2 Å². The molecule has 3 amide bonds. The number of nitrogens with two attached hydrogens (primary N) is 1. The van der Waals surface area contributed by atoms with Crippen molar-refractivity contribution in [2.45, 2.75) is 90.4 Å². The standard InChI is InChI=1S/C36H55N5O6/c1-25-22-41(26(2)24-42)36(45)29-21-28(18-19-32(29)47-27(3)13-11-12-20-46-33(25)23-40(4)5)38-34(43)16-7-6-8-17-35(44)39-31-15-10-9-14-30(31)37/h9-10,14-15,18-19,21,25-27,33,42H,6-8,11-13,16-17,20,22-24,37H2,1-5H3,(H,38,43)(H,39,44)/t25-,26+,27+,33-/m0/s1. The van der Waals surface area contributed by atoms with Gasteiger partial charge in [-0.05, 0) is 90.4 Å². The predicted molar refractivity (Wildman–Crippen MR) is 187 cm³/mol. The van der Waals surface area contributed by atoms with Crippen molar-refractivity contribution in [1.29, 1.82) is 0 Å². The fraction of sp³-hybridized carbons (Fsp3) is 0.583. The molecule has 47 heavy (non-hydrogen) atoms. The molecule has 0 aromatic heterocycles. The molecule has 1 heterocycles. The van der Waals surface area contributed by atoms with E-state index in [-0.39, 0.29) is 48.9 Å². The lowest BCUT2D eigenvalue weighted by molar-refractivity contribution is -0.116. The van der Waals surface area contributed by atoms with Gasteiger partial charge in [-0.25, -0.2) is 0 Å². The van der Waals surface area contributed by atoms with Gasteiger partial charge < -0.3 is 40.7 Å². The molecule has 0 spiro atoms. The van der Waals surface area contributed by atoms with Crippen LogP contribution in [0.25, 0.3) is 0 Å². The van der Waals surface area contributed by atoms with E-state index in [1.165, 1.54) is 0 Å². The number of rotatable bonds is 12. The number of nitrogens with zero attached hydrogens (tertiary/aromatic N) is 2. The van der Waals surface area contributed by atoms with Gasteiger partial charge in [0.25, 0.3) is 5.91 Å². The number of nitrogen functional groups attached to an aromatic ring is 1. The third kappa shape index (κ3) is 12.5. The smallest absolute Gasteiger partial charge is 0.258 e. The molecule has 3 rings (SSSR count). The lowest BCUT2D eigenvalue weighted by Gasteiger charge is -2.35. The molecule has 0 saturated carbocycles. The van der Waals surface area contributed by atoms with Gasteiger partial charge in [-0.3, -0.25) is 14.4 Å². The number of anilines is 3. The number of hydrogen-bond donors (Lipinski definition) is 4. The minimum atomic E-state index is -0.437. The molecule has 5 N–H and O–H groups in total. The van der Waals surface area contributed by atoms with Crippen LogP contribution in [0, 0.1) is 5.92 Å². The average molecular weight is 654 g/mol. The normalized spacial score (nSPS) is 20.1. The number of amides is 3. The molecule has 0 radical (unpaired) electrons. The number of aliphatic hydroxyl groups is 1. The number of carbonyl (C=O) groups excluding carboxylic acids is 3. The van der Waals surface area contributed by atoms with E-state index in [0.717, 1.165) is 25.8 Å². The first-order chi connectivity index (χ1) is 22.5. The Morgan fingerprint density at radius 1 is 1.04 bits per heavy atom. The zero-order valence-electron chi connectivity index (χ0n) is 28.8. The number of nitrogens with one attached hydrogen (secondary N) is 2. The lowest BCUT2D eigenvalue weighted by Crippen LogP contribution is -2.47. The summed E-state index contributed by atoms with van der Waals surface area (Å²) in [4.78, 5) is 43.1. The van der Waals surface area contributed by atoms with Crippen molar-refractivity contribution in [1.82, 2.24) is 9.80 Å². The number of ether oxygens (including phenoxy) is 2. The quantitative estimate of drug-likeness (QED) is 0.182. The summed E-state index contributed by atoms with van der Waals surface area (Å²) in [6.45, 7) is 7.45. The number of likely N-dealkylation sites (N-methyl/N-ethyl adjacent to an activating group) is 1. The summed E-state index contributed by atoms with van der Waals surface area (Å²) in [7, 11) is 4.02. The van der Waals surface area contributed by atoms with Crippen molar-refractivity contribution in [2.75, 3.05) is 56.8 Å². The summed E-state index contributed by atoms with van der Waals surface area (Å²) in [6, 6.07) is 11.9. The van der Waals surface area contributed by atoms with Gasteiger partial charge in [0.15, 0.2) is 0 Å². The highest BCUT2D eigenvalue weighted by Gasteiger charge is 2.30. The van der Waals surface area contributed by atoms with Crippen LogP contribution >= 0.6 is 0 Å². The van der Waals surface area contributed by atoms with Crippen LogP contribution in [0.2, 0.25) is 0 Å². The van der Waals surface area contributed by atoms with Gasteiger partial charge in [0.2, 0.25) is 11.8 Å².